The summed E-state index contributed by atoms with van der Waals surface area (Å²) < 4.78 is 14.1. The van der Waals surface area contributed by atoms with Gasteiger partial charge in [-0.2, -0.15) is 0 Å². The molecule has 1 aliphatic carbocycles. The first-order valence-corrected chi connectivity index (χ1v) is 6.32. The number of halogens is 1. The fourth-order valence-electron chi connectivity index (χ4n) is 2.09. The maximum Gasteiger partial charge on any atom is 0.270 e. The van der Waals surface area contributed by atoms with Crippen LogP contribution in [0.3, 0.4) is 0 Å². The van der Waals surface area contributed by atoms with Gasteiger partial charge in [0.1, 0.15) is 5.82 Å². The Morgan fingerprint density at radius 2 is 2.25 bits per heavy atom. The normalized spacial score (nSPS) is 13.9. The smallest absolute Gasteiger partial charge is 0.270 e. The highest BCUT2D eigenvalue weighted by atomic mass is 19.1. The molecule has 5 nitrogen and oxygen atoms in total. The molecule has 0 radical (unpaired) electrons. The monoisotopic (exact) mass is 278 g/mol. The van der Waals surface area contributed by atoms with Crippen molar-refractivity contribution in [2.45, 2.75) is 25.8 Å². The van der Waals surface area contributed by atoms with Crippen molar-refractivity contribution < 1.29 is 14.1 Å². The molecule has 0 bridgehead atoms. The van der Waals surface area contributed by atoms with E-state index in [0.717, 1.165) is 25.0 Å². The first kappa shape index (κ1) is 14.2. The summed E-state index contributed by atoms with van der Waals surface area (Å²) in [6.45, 7) is 5.30. The fourth-order valence-corrected chi connectivity index (χ4v) is 2.09. The van der Waals surface area contributed by atoms with Crippen molar-refractivity contribution >= 4 is 11.6 Å². The first-order valence-electron chi connectivity index (χ1n) is 6.32. The molecule has 1 fully saturated rings. The largest absolute Gasteiger partial charge is 0.332 e. The Kier molecular flexibility index (Phi) is 3.83. The van der Waals surface area contributed by atoms with Crippen molar-refractivity contribution in [3.8, 4) is 0 Å². The predicted octanol–water partition coefficient (Wildman–Crippen LogP) is 2.83. The van der Waals surface area contributed by atoms with E-state index in [1.807, 2.05) is 0 Å². The van der Waals surface area contributed by atoms with E-state index in [1.54, 1.807) is 6.08 Å². The molecule has 0 saturated heterocycles. The fraction of sp³-hybridized carbons (Fsp3) is 0.357. The standard InChI is InChI=1S/C14H15FN2O3/c1-3-6-16(10-4-5-10)14(18)12-8-11(17(19)20)7-9(2)13(12)15/h3,7-8,10H,1,4-6H2,2H3. The van der Waals surface area contributed by atoms with Gasteiger partial charge in [0.2, 0.25) is 0 Å². The zero-order valence-corrected chi connectivity index (χ0v) is 11.1. The molecular weight excluding hydrogens is 263 g/mol. The molecule has 20 heavy (non-hydrogen) atoms. The molecule has 106 valence electrons. The topological polar surface area (TPSA) is 63.5 Å². The van der Waals surface area contributed by atoms with Crippen molar-refractivity contribution in [3.05, 3.63) is 51.8 Å². The Hall–Kier alpha value is -2.24. The second-order valence-electron chi connectivity index (χ2n) is 4.86. The Balaban J connectivity index is 2.41. The molecule has 0 aliphatic heterocycles. The van der Waals surface area contributed by atoms with Gasteiger partial charge in [-0.1, -0.05) is 6.08 Å². The number of benzene rings is 1. The average molecular weight is 278 g/mol. The molecule has 0 heterocycles. The van der Waals surface area contributed by atoms with Crippen molar-refractivity contribution in [3.63, 3.8) is 0 Å². The van der Waals surface area contributed by atoms with Crippen LogP contribution in [0.2, 0.25) is 0 Å². The van der Waals surface area contributed by atoms with E-state index < -0.39 is 16.6 Å². The molecule has 1 amide bonds. The van der Waals surface area contributed by atoms with Gasteiger partial charge in [0.25, 0.3) is 11.6 Å². The number of rotatable bonds is 5. The summed E-state index contributed by atoms with van der Waals surface area (Å²) in [5, 5.41) is 10.8. The number of aryl methyl sites for hydroxylation is 1. The second-order valence-corrected chi connectivity index (χ2v) is 4.86. The molecule has 1 saturated carbocycles. The van der Waals surface area contributed by atoms with Crippen LogP contribution in [0.25, 0.3) is 0 Å². The summed E-state index contributed by atoms with van der Waals surface area (Å²) in [5.74, 6) is -1.22. The van der Waals surface area contributed by atoms with Crippen LogP contribution in [0.4, 0.5) is 10.1 Å². The van der Waals surface area contributed by atoms with E-state index in [9.17, 15) is 19.3 Å². The quantitative estimate of drug-likeness (QED) is 0.472. The molecule has 0 aromatic heterocycles. The zero-order chi connectivity index (χ0) is 14.9. The summed E-state index contributed by atoms with van der Waals surface area (Å²) in [5.41, 5.74) is -0.427. The molecule has 0 atom stereocenters. The molecule has 1 aromatic carbocycles. The highest BCUT2D eigenvalue weighted by molar-refractivity contribution is 5.96. The van der Waals surface area contributed by atoms with Crippen LogP contribution in [0.15, 0.2) is 24.8 Å². The molecule has 6 heteroatoms. The average Bonchev–Trinajstić information content (AvgIpc) is 3.22. The number of hydrogen-bond acceptors (Lipinski definition) is 3. The van der Waals surface area contributed by atoms with Crippen molar-refractivity contribution in [1.82, 2.24) is 4.90 Å². The molecule has 1 aromatic rings. The lowest BCUT2D eigenvalue weighted by Crippen LogP contribution is -2.34. The molecule has 2 rings (SSSR count). The third-order valence-electron chi connectivity index (χ3n) is 3.25. The summed E-state index contributed by atoms with van der Waals surface area (Å²) in [6, 6.07) is 2.21. The van der Waals surface area contributed by atoms with Gasteiger partial charge in [-0.15, -0.1) is 6.58 Å². The number of carbonyl (C=O) groups is 1. The van der Waals surface area contributed by atoms with E-state index in [1.165, 1.54) is 11.8 Å². The highest BCUT2D eigenvalue weighted by Gasteiger charge is 2.34. The SMILES string of the molecule is C=CCN(C(=O)c1cc([N+](=O)[O-])cc(C)c1F)C1CC1. The minimum atomic E-state index is -0.699. The van der Waals surface area contributed by atoms with Gasteiger partial charge >= 0.3 is 0 Å². The summed E-state index contributed by atoms with van der Waals surface area (Å²) in [4.78, 5) is 24.1. The van der Waals surface area contributed by atoms with Crippen molar-refractivity contribution in [2.24, 2.45) is 0 Å². The van der Waals surface area contributed by atoms with Crippen LogP contribution in [-0.4, -0.2) is 28.3 Å². The number of carbonyl (C=O) groups excluding carboxylic acids is 1. The maximum atomic E-state index is 14.1. The van der Waals surface area contributed by atoms with Crippen LogP contribution in [0, 0.1) is 22.9 Å². The van der Waals surface area contributed by atoms with Crippen LogP contribution in [0.5, 0.6) is 0 Å². The number of nitrogens with zero attached hydrogens (tertiary/aromatic N) is 2. The van der Waals surface area contributed by atoms with Gasteiger partial charge in [-0.25, -0.2) is 4.39 Å². The van der Waals surface area contributed by atoms with Crippen molar-refractivity contribution in [1.29, 1.82) is 0 Å². The molecular formula is C14H15FN2O3. The van der Waals surface area contributed by atoms with E-state index >= 15 is 0 Å². The second kappa shape index (κ2) is 5.40. The van der Waals surface area contributed by atoms with Gasteiger partial charge in [0.05, 0.1) is 10.5 Å². The highest BCUT2D eigenvalue weighted by Crippen LogP contribution is 2.30. The van der Waals surface area contributed by atoms with E-state index in [4.69, 9.17) is 0 Å². The molecule has 1 aliphatic rings. The Morgan fingerprint density at radius 3 is 2.75 bits per heavy atom. The number of amides is 1. The van der Waals surface area contributed by atoms with Gasteiger partial charge in [-0.05, 0) is 25.3 Å². The van der Waals surface area contributed by atoms with Gasteiger partial charge in [0.15, 0.2) is 0 Å². The van der Waals surface area contributed by atoms with Gasteiger partial charge in [0, 0.05) is 24.7 Å². The van der Waals surface area contributed by atoms with Gasteiger partial charge in [-0.3, -0.25) is 14.9 Å². The number of hydrogen-bond donors (Lipinski definition) is 0. The number of nitro benzene ring substituents is 1. The molecule has 0 unspecified atom stereocenters. The lowest BCUT2D eigenvalue weighted by Gasteiger charge is -2.21. The minimum Gasteiger partial charge on any atom is -0.332 e. The summed E-state index contributed by atoms with van der Waals surface area (Å²) in [6.07, 6.45) is 3.31. The Labute approximate surface area is 115 Å². The van der Waals surface area contributed by atoms with E-state index in [-0.39, 0.29) is 22.9 Å². The molecule has 0 spiro atoms. The van der Waals surface area contributed by atoms with Crippen LogP contribution in [0.1, 0.15) is 28.8 Å². The number of non-ortho nitro benzene ring substituents is 1. The Bertz CT molecular complexity index is 582. The predicted molar refractivity (Wildman–Crippen MR) is 72.0 cm³/mol. The summed E-state index contributed by atoms with van der Waals surface area (Å²) in [7, 11) is 0. The minimum absolute atomic E-state index is 0.0828. The van der Waals surface area contributed by atoms with Crippen LogP contribution in [-0.2, 0) is 0 Å². The molecule has 0 N–H and O–H groups in total. The first-order chi connectivity index (χ1) is 9.45. The van der Waals surface area contributed by atoms with Crippen LogP contribution >= 0.6 is 0 Å². The van der Waals surface area contributed by atoms with Crippen LogP contribution < -0.4 is 0 Å². The third kappa shape index (κ3) is 2.68. The third-order valence-corrected chi connectivity index (χ3v) is 3.25. The van der Waals surface area contributed by atoms with Gasteiger partial charge < -0.3 is 4.90 Å². The van der Waals surface area contributed by atoms with E-state index in [2.05, 4.69) is 6.58 Å². The van der Waals surface area contributed by atoms with E-state index in [0.29, 0.717) is 6.54 Å². The Morgan fingerprint density at radius 1 is 1.60 bits per heavy atom. The lowest BCUT2D eigenvalue weighted by molar-refractivity contribution is -0.385. The lowest BCUT2D eigenvalue weighted by atomic mass is 10.1. The maximum absolute atomic E-state index is 14.1. The zero-order valence-electron chi connectivity index (χ0n) is 11.1. The number of nitro groups is 1. The van der Waals surface area contributed by atoms with Crippen molar-refractivity contribution in [2.75, 3.05) is 6.54 Å². The summed E-state index contributed by atoms with van der Waals surface area (Å²) >= 11 is 0.